The molecule has 1 N–H and O–H groups in total. The van der Waals surface area contributed by atoms with Gasteiger partial charge in [-0.25, -0.2) is 18.1 Å². The standard InChI is InChI=1S/C14H23N3O3S2/c1-2-22(18,19)16-5-3-12-4-7-20-14(12)10-17(11-14)9-13-15-6-8-21-13/h6,8,12,16H,2-5,7,9-11H2,1H3/t12-/m0/s1. The Kier molecular flexibility index (Phi) is 4.84. The van der Waals surface area contributed by atoms with Gasteiger partial charge in [-0.3, -0.25) is 4.90 Å². The molecule has 2 aliphatic rings. The van der Waals surface area contributed by atoms with Crippen LogP contribution in [0.15, 0.2) is 11.6 Å². The van der Waals surface area contributed by atoms with E-state index in [4.69, 9.17) is 4.74 Å². The van der Waals surface area contributed by atoms with Crippen LogP contribution in [0.5, 0.6) is 0 Å². The normalized spacial score (nSPS) is 24.7. The highest BCUT2D eigenvalue weighted by Gasteiger charge is 2.52. The Labute approximate surface area is 135 Å². The maximum absolute atomic E-state index is 11.5. The summed E-state index contributed by atoms with van der Waals surface area (Å²) in [5.74, 6) is 0.584. The van der Waals surface area contributed by atoms with Gasteiger partial charge in [0.05, 0.1) is 17.9 Å². The van der Waals surface area contributed by atoms with Gasteiger partial charge in [0.1, 0.15) is 5.01 Å². The second kappa shape index (κ2) is 6.52. The van der Waals surface area contributed by atoms with Gasteiger partial charge in [0.25, 0.3) is 0 Å². The van der Waals surface area contributed by atoms with E-state index >= 15 is 0 Å². The van der Waals surface area contributed by atoms with Gasteiger partial charge in [0, 0.05) is 37.8 Å². The van der Waals surface area contributed by atoms with E-state index < -0.39 is 10.0 Å². The Balaban J connectivity index is 1.47. The number of nitrogens with zero attached hydrogens (tertiary/aromatic N) is 2. The number of sulfonamides is 1. The highest BCUT2D eigenvalue weighted by atomic mass is 32.2. The van der Waals surface area contributed by atoms with Gasteiger partial charge >= 0.3 is 0 Å². The van der Waals surface area contributed by atoms with Crippen LogP contribution >= 0.6 is 11.3 Å². The number of likely N-dealkylation sites (tertiary alicyclic amines) is 1. The van der Waals surface area contributed by atoms with Crippen molar-refractivity contribution in [1.82, 2.24) is 14.6 Å². The zero-order valence-corrected chi connectivity index (χ0v) is 14.5. The van der Waals surface area contributed by atoms with E-state index in [-0.39, 0.29) is 11.4 Å². The zero-order chi connectivity index (χ0) is 15.6. The highest BCUT2D eigenvalue weighted by Crippen LogP contribution is 2.42. The summed E-state index contributed by atoms with van der Waals surface area (Å²) in [5.41, 5.74) is -0.0606. The molecule has 2 aliphatic heterocycles. The van der Waals surface area contributed by atoms with Crippen LogP contribution in [-0.4, -0.2) is 55.9 Å². The van der Waals surface area contributed by atoms with Crippen molar-refractivity contribution < 1.29 is 13.2 Å². The van der Waals surface area contributed by atoms with Crippen LogP contribution in [-0.2, 0) is 21.3 Å². The molecular formula is C14H23N3O3S2. The number of nitrogens with one attached hydrogen (secondary N) is 1. The van der Waals surface area contributed by atoms with Gasteiger partial charge in [-0.05, 0) is 25.7 Å². The molecule has 1 aromatic heterocycles. The molecule has 2 saturated heterocycles. The van der Waals surface area contributed by atoms with Crippen molar-refractivity contribution in [3.63, 3.8) is 0 Å². The smallest absolute Gasteiger partial charge is 0.211 e. The molecule has 3 heterocycles. The third-order valence-corrected chi connectivity index (χ3v) is 6.79. The lowest BCUT2D eigenvalue weighted by molar-refractivity contribution is -0.136. The van der Waals surface area contributed by atoms with E-state index in [1.165, 1.54) is 0 Å². The first-order valence-corrected chi connectivity index (χ1v) is 10.3. The van der Waals surface area contributed by atoms with Gasteiger partial charge < -0.3 is 4.74 Å². The fourth-order valence-electron chi connectivity index (χ4n) is 3.38. The number of rotatable bonds is 7. The maximum Gasteiger partial charge on any atom is 0.211 e. The summed E-state index contributed by atoms with van der Waals surface area (Å²) < 4.78 is 31.7. The van der Waals surface area contributed by atoms with E-state index in [9.17, 15) is 8.42 Å². The summed E-state index contributed by atoms with van der Waals surface area (Å²) in [5, 5.41) is 3.14. The van der Waals surface area contributed by atoms with Gasteiger partial charge in [0.15, 0.2) is 0 Å². The van der Waals surface area contributed by atoms with Gasteiger partial charge in [-0.1, -0.05) is 0 Å². The van der Waals surface area contributed by atoms with Crippen molar-refractivity contribution in [2.24, 2.45) is 5.92 Å². The number of thiazole rings is 1. The molecule has 1 atom stereocenters. The lowest BCUT2D eigenvalue weighted by Crippen LogP contribution is -2.64. The van der Waals surface area contributed by atoms with Gasteiger partial charge in [-0.15, -0.1) is 11.3 Å². The van der Waals surface area contributed by atoms with Crippen molar-refractivity contribution >= 4 is 21.4 Å². The van der Waals surface area contributed by atoms with E-state index in [1.54, 1.807) is 18.3 Å². The zero-order valence-electron chi connectivity index (χ0n) is 12.8. The average molecular weight is 345 g/mol. The Bertz CT molecular complexity index is 582. The van der Waals surface area contributed by atoms with E-state index in [0.717, 1.165) is 44.1 Å². The van der Waals surface area contributed by atoms with Crippen LogP contribution in [0.4, 0.5) is 0 Å². The minimum absolute atomic E-state index is 0.0606. The van der Waals surface area contributed by atoms with Crippen LogP contribution in [0.2, 0.25) is 0 Å². The predicted octanol–water partition coefficient (Wildman–Crippen LogP) is 1.06. The molecule has 6 nitrogen and oxygen atoms in total. The number of ether oxygens (including phenoxy) is 1. The van der Waals surface area contributed by atoms with E-state index in [2.05, 4.69) is 14.6 Å². The average Bonchev–Trinajstić information content (AvgIpc) is 3.08. The molecule has 0 aromatic carbocycles. The lowest BCUT2D eigenvalue weighted by Gasteiger charge is -2.50. The minimum atomic E-state index is -3.09. The highest BCUT2D eigenvalue weighted by molar-refractivity contribution is 7.89. The van der Waals surface area contributed by atoms with Crippen molar-refractivity contribution in [2.75, 3.05) is 32.0 Å². The summed E-state index contributed by atoms with van der Waals surface area (Å²) in [6, 6.07) is 0. The van der Waals surface area contributed by atoms with Crippen molar-refractivity contribution in [1.29, 1.82) is 0 Å². The third-order valence-electron chi connectivity index (χ3n) is 4.62. The van der Waals surface area contributed by atoms with Crippen molar-refractivity contribution in [3.8, 4) is 0 Å². The van der Waals surface area contributed by atoms with E-state index in [1.807, 2.05) is 11.6 Å². The van der Waals surface area contributed by atoms with Crippen LogP contribution in [0.3, 0.4) is 0 Å². The third kappa shape index (κ3) is 3.51. The quantitative estimate of drug-likeness (QED) is 0.800. The molecule has 124 valence electrons. The van der Waals surface area contributed by atoms with Crippen LogP contribution in [0.25, 0.3) is 0 Å². The molecule has 0 unspecified atom stereocenters. The molecule has 0 bridgehead atoms. The maximum atomic E-state index is 11.5. The molecule has 0 saturated carbocycles. The molecule has 1 aromatic rings. The summed E-state index contributed by atoms with van der Waals surface area (Å²) in [6.07, 6.45) is 3.72. The number of hydrogen-bond acceptors (Lipinski definition) is 6. The number of aromatic nitrogens is 1. The van der Waals surface area contributed by atoms with Crippen LogP contribution < -0.4 is 4.72 Å². The summed E-state index contributed by atoms with van der Waals surface area (Å²) in [4.78, 5) is 6.67. The molecule has 0 aliphatic carbocycles. The largest absolute Gasteiger partial charge is 0.372 e. The molecular weight excluding hydrogens is 322 g/mol. The molecule has 8 heteroatoms. The number of hydrogen-bond donors (Lipinski definition) is 1. The Morgan fingerprint density at radius 2 is 2.36 bits per heavy atom. The first kappa shape index (κ1) is 16.3. The summed E-state index contributed by atoms with van der Waals surface area (Å²) >= 11 is 1.68. The fourth-order valence-corrected chi connectivity index (χ4v) is 4.67. The Morgan fingerprint density at radius 1 is 1.55 bits per heavy atom. The topological polar surface area (TPSA) is 71.5 Å². The second-order valence-corrected chi connectivity index (χ2v) is 9.13. The second-order valence-electron chi connectivity index (χ2n) is 6.06. The van der Waals surface area contributed by atoms with Gasteiger partial charge in [0.2, 0.25) is 10.0 Å². The molecule has 1 spiro atoms. The molecule has 0 radical (unpaired) electrons. The minimum Gasteiger partial charge on any atom is -0.372 e. The Hall–Kier alpha value is -0.540. The SMILES string of the molecule is CCS(=O)(=O)NCC[C@H]1CCOC12CN(Cc1nccs1)C2. The molecule has 2 fully saturated rings. The van der Waals surface area contributed by atoms with E-state index in [0.29, 0.717) is 12.5 Å². The fraction of sp³-hybridized carbons (Fsp3) is 0.786. The molecule has 3 rings (SSSR count). The Morgan fingerprint density at radius 3 is 3.05 bits per heavy atom. The summed E-state index contributed by atoms with van der Waals surface area (Å²) in [6.45, 7) is 5.70. The molecule has 22 heavy (non-hydrogen) atoms. The van der Waals surface area contributed by atoms with Crippen LogP contribution in [0.1, 0.15) is 24.8 Å². The summed E-state index contributed by atoms with van der Waals surface area (Å²) in [7, 11) is -3.09. The van der Waals surface area contributed by atoms with Gasteiger partial charge in [-0.2, -0.15) is 0 Å². The van der Waals surface area contributed by atoms with Crippen molar-refractivity contribution in [3.05, 3.63) is 16.6 Å². The van der Waals surface area contributed by atoms with Crippen LogP contribution in [0, 0.1) is 5.92 Å². The van der Waals surface area contributed by atoms with Crippen molar-refractivity contribution in [2.45, 2.75) is 31.9 Å². The monoisotopic (exact) mass is 345 g/mol. The predicted molar refractivity (Wildman–Crippen MR) is 86.3 cm³/mol. The first-order valence-electron chi connectivity index (χ1n) is 7.75. The first-order chi connectivity index (χ1) is 10.5. The molecule has 0 amide bonds. The lowest BCUT2D eigenvalue weighted by atomic mass is 9.79.